The number of hydrogen-bond donors (Lipinski definition) is 1. The van der Waals surface area contributed by atoms with Crippen molar-refractivity contribution in [2.45, 2.75) is 27.0 Å². The average Bonchev–Trinajstić information content (AvgIpc) is 2.40. The molecule has 0 aliphatic carbocycles. The standard InChI is InChI=1S/C16H18FNO/c1-11-4-3-5-16(12(11)2)19-10-14-6-13(9-18)7-15(17)8-14/h3-8H,9-10,18H2,1-2H3. The van der Waals surface area contributed by atoms with Gasteiger partial charge in [-0.3, -0.25) is 0 Å². The lowest BCUT2D eigenvalue weighted by Crippen LogP contribution is -2.02. The van der Waals surface area contributed by atoms with Gasteiger partial charge in [-0.15, -0.1) is 0 Å². The SMILES string of the molecule is Cc1cccc(OCc2cc(F)cc(CN)c2)c1C. The van der Waals surface area contributed by atoms with Crippen molar-refractivity contribution in [2.75, 3.05) is 0 Å². The number of ether oxygens (including phenoxy) is 1. The summed E-state index contributed by atoms with van der Waals surface area (Å²) in [5.41, 5.74) is 9.39. The van der Waals surface area contributed by atoms with Gasteiger partial charge in [-0.05, 0) is 54.3 Å². The van der Waals surface area contributed by atoms with Crippen LogP contribution in [0.5, 0.6) is 5.75 Å². The normalized spacial score (nSPS) is 10.5. The van der Waals surface area contributed by atoms with Crippen LogP contribution in [0.2, 0.25) is 0 Å². The number of halogens is 1. The molecule has 2 nitrogen and oxygen atoms in total. The smallest absolute Gasteiger partial charge is 0.123 e. The molecule has 0 heterocycles. The molecule has 100 valence electrons. The van der Waals surface area contributed by atoms with Crippen molar-refractivity contribution in [2.24, 2.45) is 5.73 Å². The predicted molar refractivity (Wildman–Crippen MR) is 74.5 cm³/mol. The molecular formula is C16H18FNO. The summed E-state index contributed by atoms with van der Waals surface area (Å²) in [4.78, 5) is 0. The van der Waals surface area contributed by atoms with Gasteiger partial charge < -0.3 is 10.5 Å². The van der Waals surface area contributed by atoms with Gasteiger partial charge in [-0.1, -0.05) is 18.2 Å². The highest BCUT2D eigenvalue weighted by molar-refractivity contribution is 5.38. The molecule has 0 aliphatic heterocycles. The van der Waals surface area contributed by atoms with Crippen LogP contribution < -0.4 is 10.5 Å². The first-order valence-electron chi connectivity index (χ1n) is 6.27. The fourth-order valence-electron chi connectivity index (χ4n) is 1.96. The molecule has 0 aliphatic rings. The summed E-state index contributed by atoms with van der Waals surface area (Å²) in [6.07, 6.45) is 0. The van der Waals surface area contributed by atoms with Gasteiger partial charge in [-0.25, -0.2) is 4.39 Å². The fourth-order valence-corrected chi connectivity index (χ4v) is 1.96. The predicted octanol–water partition coefficient (Wildman–Crippen LogP) is 3.48. The summed E-state index contributed by atoms with van der Waals surface area (Å²) in [5, 5.41) is 0. The van der Waals surface area contributed by atoms with E-state index in [4.69, 9.17) is 10.5 Å². The van der Waals surface area contributed by atoms with Crippen molar-refractivity contribution in [3.63, 3.8) is 0 Å². The third-order valence-electron chi connectivity index (χ3n) is 3.20. The van der Waals surface area contributed by atoms with Crippen LogP contribution in [0.3, 0.4) is 0 Å². The molecule has 0 spiro atoms. The first-order valence-corrected chi connectivity index (χ1v) is 6.27. The Morgan fingerprint density at radius 2 is 1.84 bits per heavy atom. The molecule has 19 heavy (non-hydrogen) atoms. The molecule has 2 N–H and O–H groups in total. The van der Waals surface area contributed by atoms with Crippen molar-refractivity contribution < 1.29 is 9.13 Å². The Bertz CT molecular complexity index is 581. The maximum Gasteiger partial charge on any atom is 0.123 e. The van der Waals surface area contributed by atoms with Gasteiger partial charge in [0, 0.05) is 6.54 Å². The van der Waals surface area contributed by atoms with E-state index in [9.17, 15) is 4.39 Å². The lowest BCUT2D eigenvalue weighted by molar-refractivity contribution is 0.303. The summed E-state index contributed by atoms with van der Waals surface area (Å²) < 4.78 is 19.1. The molecule has 0 aromatic heterocycles. The molecule has 0 fully saturated rings. The first kappa shape index (κ1) is 13.6. The van der Waals surface area contributed by atoms with Crippen molar-refractivity contribution in [1.82, 2.24) is 0 Å². The minimum Gasteiger partial charge on any atom is -0.489 e. The van der Waals surface area contributed by atoms with Crippen LogP contribution in [0.1, 0.15) is 22.3 Å². The summed E-state index contributed by atoms with van der Waals surface area (Å²) in [6.45, 7) is 4.72. The third kappa shape index (κ3) is 3.32. The first-order chi connectivity index (χ1) is 9.10. The molecule has 2 aromatic rings. The van der Waals surface area contributed by atoms with Gasteiger partial charge in [0.25, 0.3) is 0 Å². The van der Waals surface area contributed by atoms with Crippen molar-refractivity contribution >= 4 is 0 Å². The van der Waals surface area contributed by atoms with E-state index in [1.165, 1.54) is 17.7 Å². The van der Waals surface area contributed by atoms with E-state index < -0.39 is 0 Å². The number of rotatable bonds is 4. The molecule has 0 radical (unpaired) electrons. The zero-order chi connectivity index (χ0) is 13.8. The van der Waals surface area contributed by atoms with E-state index >= 15 is 0 Å². The van der Waals surface area contributed by atoms with Gasteiger partial charge in [0.15, 0.2) is 0 Å². The molecule has 0 saturated heterocycles. The van der Waals surface area contributed by atoms with Crippen LogP contribution >= 0.6 is 0 Å². The summed E-state index contributed by atoms with van der Waals surface area (Å²) >= 11 is 0. The van der Waals surface area contributed by atoms with E-state index in [-0.39, 0.29) is 5.82 Å². The number of benzene rings is 2. The lowest BCUT2D eigenvalue weighted by Gasteiger charge is -2.11. The zero-order valence-electron chi connectivity index (χ0n) is 11.2. The van der Waals surface area contributed by atoms with Crippen molar-refractivity contribution in [3.05, 3.63) is 64.5 Å². The fraction of sp³-hybridized carbons (Fsp3) is 0.250. The molecule has 0 saturated carbocycles. The van der Waals surface area contributed by atoms with Crippen LogP contribution in [0.15, 0.2) is 36.4 Å². The van der Waals surface area contributed by atoms with E-state index in [0.717, 1.165) is 22.4 Å². The van der Waals surface area contributed by atoms with Crippen LogP contribution in [0.4, 0.5) is 4.39 Å². The Morgan fingerprint density at radius 1 is 1.11 bits per heavy atom. The van der Waals surface area contributed by atoms with Crippen LogP contribution in [0, 0.1) is 19.7 Å². The van der Waals surface area contributed by atoms with Crippen molar-refractivity contribution in [1.29, 1.82) is 0 Å². The Hall–Kier alpha value is -1.87. The summed E-state index contributed by atoms with van der Waals surface area (Å²) in [5.74, 6) is 0.557. The summed E-state index contributed by atoms with van der Waals surface area (Å²) in [6, 6.07) is 10.7. The number of nitrogens with two attached hydrogens (primary N) is 1. The number of hydrogen-bond acceptors (Lipinski definition) is 2. The van der Waals surface area contributed by atoms with Gasteiger partial charge in [-0.2, -0.15) is 0 Å². The van der Waals surface area contributed by atoms with E-state index in [1.807, 2.05) is 38.1 Å². The number of aryl methyl sites for hydroxylation is 1. The molecular weight excluding hydrogens is 241 g/mol. The molecule has 0 atom stereocenters. The maximum atomic E-state index is 13.4. The van der Waals surface area contributed by atoms with Crippen LogP contribution in [-0.2, 0) is 13.2 Å². The van der Waals surface area contributed by atoms with E-state index in [2.05, 4.69) is 0 Å². The van der Waals surface area contributed by atoms with E-state index in [1.54, 1.807) is 0 Å². The van der Waals surface area contributed by atoms with Crippen molar-refractivity contribution in [3.8, 4) is 5.75 Å². The molecule has 0 bridgehead atoms. The van der Waals surface area contributed by atoms with Gasteiger partial charge in [0.1, 0.15) is 18.2 Å². The minimum atomic E-state index is -0.275. The Morgan fingerprint density at radius 3 is 2.58 bits per heavy atom. The minimum absolute atomic E-state index is 0.275. The van der Waals surface area contributed by atoms with E-state index in [0.29, 0.717) is 13.2 Å². The second-order valence-corrected chi connectivity index (χ2v) is 4.66. The molecule has 2 rings (SSSR count). The molecule has 2 aromatic carbocycles. The monoisotopic (exact) mass is 259 g/mol. The van der Waals surface area contributed by atoms with Gasteiger partial charge in [0.2, 0.25) is 0 Å². The highest BCUT2D eigenvalue weighted by atomic mass is 19.1. The molecule has 3 heteroatoms. The van der Waals surface area contributed by atoms with Gasteiger partial charge in [0.05, 0.1) is 0 Å². The van der Waals surface area contributed by atoms with Gasteiger partial charge >= 0.3 is 0 Å². The Balaban J connectivity index is 2.14. The Kier molecular flexibility index (Phi) is 4.17. The molecule has 0 unspecified atom stereocenters. The quantitative estimate of drug-likeness (QED) is 0.912. The lowest BCUT2D eigenvalue weighted by atomic mass is 10.1. The summed E-state index contributed by atoms with van der Waals surface area (Å²) in [7, 11) is 0. The average molecular weight is 259 g/mol. The largest absolute Gasteiger partial charge is 0.489 e. The Labute approximate surface area is 113 Å². The van der Waals surface area contributed by atoms with Crippen LogP contribution in [-0.4, -0.2) is 0 Å². The second-order valence-electron chi connectivity index (χ2n) is 4.66. The topological polar surface area (TPSA) is 35.2 Å². The second kappa shape index (κ2) is 5.85. The third-order valence-corrected chi connectivity index (χ3v) is 3.20. The molecule has 0 amide bonds. The van der Waals surface area contributed by atoms with Crippen LogP contribution in [0.25, 0.3) is 0 Å². The zero-order valence-corrected chi connectivity index (χ0v) is 11.2. The highest BCUT2D eigenvalue weighted by Crippen LogP contribution is 2.22. The highest BCUT2D eigenvalue weighted by Gasteiger charge is 2.04. The maximum absolute atomic E-state index is 13.4.